The van der Waals surface area contributed by atoms with Crippen molar-refractivity contribution in [2.45, 2.75) is 20.1 Å². The molecule has 6 heteroatoms. The lowest BCUT2D eigenvalue weighted by Gasteiger charge is -2.17. The molecule has 0 heterocycles. The second kappa shape index (κ2) is 9.34. The zero-order chi connectivity index (χ0) is 20.8. The number of methoxy groups -OCH3 is 1. The first-order valence-electron chi connectivity index (χ1n) is 9.09. The Bertz CT molecular complexity index is 1020. The van der Waals surface area contributed by atoms with Crippen molar-refractivity contribution in [3.8, 4) is 11.5 Å². The number of hydrogen-bond donors (Lipinski definition) is 2. The van der Waals surface area contributed by atoms with Crippen LogP contribution in [0, 0.1) is 6.92 Å². The van der Waals surface area contributed by atoms with Gasteiger partial charge in [0.15, 0.2) is 11.5 Å². The molecule has 0 aliphatic rings. The highest BCUT2D eigenvalue weighted by Gasteiger charge is 2.13. The summed E-state index contributed by atoms with van der Waals surface area (Å²) in [6.45, 7) is 2.67. The fourth-order valence-corrected chi connectivity index (χ4v) is 3.12. The molecule has 150 valence electrons. The molecule has 0 unspecified atom stereocenters. The molecule has 0 aromatic heterocycles. The Morgan fingerprint density at radius 2 is 1.83 bits per heavy atom. The third kappa shape index (κ3) is 5.00. The molecule has 29 heavy (non-hydrogen) atoms. The van der Waals surface area contributed by atoms with Crippen molar-refractivity contribution in [1.29, 1.82) is 0 Å². The van der Waals surface area contributed by atoms with E-state index in [1.165, 1.54) is 0 Å². The third-order valence-corrected chi connectivity index (χ3v) is 4.93. The number of aryl methyl sites for hydroxylation is 1. The molecule has 0 atom stereocenters. The number of ether oxygens (including phenoxy) is 2. The van der Waals surface area contributed by atoms with Crippen LogP contribution in [0.3, 0.4) is 0 Å². The van der Waals surface area contributed by atoms with E-state index in [2.05, 4.69) is 5.32 Å². The van der Waals surface area contributed by atoms with Crippen LogP contribution in [0.4, 0.5) is 5.69 Å². The van der Waals surface area contributed by atoms with Gasteiger partial charge in [0, 0.05) is 28.4 Å². The summed E-state index contributed by atoms with van der Waals surface area (Å²) in [5, 5.41) is 13.2. The second-order valence-electron chi connectivity index (χ2n) is 6.52. The minimum absolute atomic E-state index is 0.235. The van der Waals surface area contributed by atoms with E-state index in [1.54, 1.807) is 25.3 Å². The van der Waals surface area contributed by atoms with Crippen LogP contribution in [0.15, 0.2) is 60.7 Å². The van der Waals surface area contributed by atoms with Gasteiger partial charge in [-0.2, -0.15) is 0 Å². The van der Waals surface area contributed by atoms with Crippen molar-refractivity contribution in [2.75, 3.05) is 12.4 Å². The van der Waals surface area contributed by atoms with Gasteiger partial charge in [-0.05, 0) is 36.8 Å². The number of benzene rings is 3. The molecule has 0 aliphatic heterocycles. The Morgan fingerprint density at radius 1 is 1.07 bits per heavy atom. The summed E-state index contributed by atoms with van der Waals surface area (Å²) in [5.41, 5.74) is 3.71. The molecule has 3 rings (SSSR count). The average molecular weight is 412 g/mol. The third-order valence-electron chi connectivity index (χ3n) is 4.56. The van der Waals surface area contributed by atoms with Gasteiger partial charge in [-0.1, -0.05) is 48.0 Å². The van der Waals surface area contributed by atoms with Gasteiger partial charge in [0.25, 0.3) is 0 Å². The maximum atomic E-state index is 11.2. The van der Waals surface area contributed by atoms with Gasteiger partial charge >= 0.3 is 5.97 Å². The Balaban J connectivity index is 1.82. The smallest absolute Gasteiger partial charge is 0.335 e. The lowest BCUT2D eigenvalue weighted by atomic mass is 10.1. The maximum Gasteiger partial charge on any atom is 0.335 e. The molecule has 3 aromatic carbocycles. The molecule has 0 spiro atoms. The Hall–Kier alpha value is -3.18. The number of halogens is 1. The lowest BCUT2D eigenvalue weighted by Crippen LogP contribution is -2.07. The molecule has 0 saturated heterocycles. The van der Waals surface area contributed by atoms with Crippen molar-refractivity contribution in [2.24, 2.45) is 0 Å². The van der Waals surface area contributed by atoms with Gasteiger partial charge in [0.1, 0.15) is 6.61 Å². The fourth-order valence-electron chi connectivity index (χ4n) is 2.93. The van der Waals surface area contributed by atoms with Crippen LogP contribution in [0.5, 0.6) is 11.5 Å². The molecule has 2 N–H and O–H groups in total. The van der Waals surface area contributed by atoms with Gasteiger partial charge in [0.2, 0.25) is 0 Å². The van der Waals surface area contributed by atoms with Crippen LogP contribution < -0.4 is 14.8 Å². The maximum absolute atomic E-state index is 11.2. The van der Waals surface area contributed by atoms with E-state index in [-0.39, 0.29) is 5.56 Å². The molecule has 0 fully saturated rings. The molecule has 0 amide bonds. The van der Waals surface area contributed by atoms with Crippen molar-refractivity contribution in [3.63, 3.8) is 0 Å². The predicted octanol–water partition coefficient (Wildman–Crippen LogP) is 5.55. The highest BCUT2D eigenvalue weighted by atomic mass is 35.5. The standard InChI is InChI=1S/C23H22ClNO4/c1-15-10-11-16(23(26)27)12-20(15)25-13-17-7-5-9-21(28-2)22(17)29-14-18-6-3-4-8-19(18)24/h3-12,25H,13-14H2,1-2H3,(H,26,27). The predicted molar refractivity (Wildman–Crippen MR) is 114 cm³/mol. The molecule has 5 nitrogen and oxygen atoms in total. The molecular formula is C23H22ClNO4. The topological polar surface area (TPSA) is 67.8 Å². The van der Waals surface area contributed by atoms with Gasteiger partial charge in [-0.3, -0.25) is 0 Å². The summed E-state index contributed by atoms with van der Waals surface area (Å²) >= 11 is 6.23. The van der Waals surface area contributed by atoms with Gasteiger partial charge in [0.05, 0.1) is 12.7 Å². The SMILES string of the molecule is COc1cccc(CNc2cc(C(=O)O)ccc2C)c1OCc1ccccc1Cl. The quantitative estimate of drug-likeness (QED) is 0.509. The Morgan fingerprint density at radius 3 is 2.55 bits per heavy atom. The van der Waals surface area contributed by atoms with Crippen LogP contribution in [0.25, 0.3) is 0 Å². The lowest BCUT2D eigenvalue weighted by molar-refractivity contribution is 0.0697. The number of carboxylic acid groups (broad SMARTS) is 1. The fraction of sp³-hybridized carbons (Fsp3) is 0.174. The average Bonchev–Trinajstić information content (AvgIpc) is 2.72. The monoisotopic (exact) mass is 411 g/mol. The molecular weight excluding hydrogens is 390 g/mol. The summed E-state index contributed by atoms with van der Waals surface area (Å²) in [7, 11) is 1.59. The summed E-state index contributed by atoms with van der Waals surface area (Å²) in [5.74, 6) is 0.278. The first kappa shape index (κ1) is 20.6. The van der Waals surface area contributed by atoms with Crippen LogP contribution >= 0.6 is 11.6 Å². The van der Waals surface area contributed by atoms with E-state index < -0.39 is 5.97 Å². The number of para-hydroxylation sites is 1. The minimum Gasteiger partial charge on any atom is -0.493 e. The van der Waals surface area contributed by atoms with Crippen molar-refractivity contribution in [1.82, 2.24) is 0 Å². The zero-order valence-corrected chi connectivity index (χ0v) is 17.0. The van der Waals surface area contributed by atoms with Crippen LogP contribution in [0.1, 0.15) is 27.0 Å². The van der Waals surface area contributed by atoms with Crippen molar-refractivity contribution < 1.29 is 19.4 Å². The Kier molecular flexibility index (Phi) is 6.62. The molecule has 0 aliphatic carbocycles. The first-order valence-corrected chi connectivity index (χ1v) is 9.47. The number of hydrogen-bond acceptors (Lipinski definition) is 4. The van der Waals surface area contributed by atoms with E-state index in [9.17, 15) is 9.90 Å². The minimum atomic E-state index is -0.960. The molecule has 0 radical (unpaired) electrons. The number of nitrogens with one attached hydrogen (secondary N) is 1. The molecule has 0 saturated carbocycles. The van der Waals surface area contributed by atoms with E-state index in [1.807, 2.05) is 49.4 Å². The van der Waals surface area contributed by atoms with Crippen molar-refractivity contribution in [3.05, 3.63) is 87.9 Å². The van der Waals surface area contributed by atoms with Crippen LogP contribution in [0.2, 0.25) is 5.02 Å². The van der Waals surface area contributed by atoms with Crippen LogP contribution in [-0.4, -0.2) is 18.2 Å². The van der Waals surface area contributed by atoms with E-state index >= 15 is 0 Å². The summed E-state index contributed by atoms with van der Waals surface area (Å²) in [6.07, 6.45) is 0. The van der Waals surface area contributed by atoms with Gasteiger partial charge < -0.3 is 19.9 Å². The number of rotatable bonds is 8. The molecule has 3 aromatic rings. The summed E-state index contributed by atoms with van der Waals surface area (Å²) < 4.78 is 11.5. The number of anilines is 1. The number of aromatic carboxylic acids is 1. The summed E-state index contributed by atoms with van der Waals surface area (Å²) in [4.78, 5) is 11.2. The largest absolute Gasteiger partial charge is 0.493 e. The van der Waals surface area contributed by atoms with Crippen LogP contribution in [-0.2, 0) is 13.2 Å². The number of carbonyl (C=O) groups is 1. The molecule has 0 bridgehead atoms. The summed E-state index contributed by atoms with van der Waals surface area (Å²) in [6, 6.07) is 18.2. The highest BCUT2D eigenvalue weighted by Crippen LogP contribution is 2.33. The van der Waals surface area contributed by atoms with Gasteiger partial charge in [-0.15, -0.1) is 0 Å². The number of carboxylic acids is 1. The zero-order valence-electron chi connectivity index (χ0n) is 16.2. The highest BCUT2D eigenvalue weighted by molar-refractivity contribution is 6.31. The van der Waals surface area contributed by atoms with Gasteiger partial charge in [-0.25, -0.2) is 4.79 Å². The first-order chi connectivity index (χ1) is 14.0. The van der Waals surface area contributed by atoms with Crippen molar-refractivity contribution >= 4 is 23.3 Å². The van der Waals surface area contributed by atoms with E-state index in [0.29, 0.717) is 29.7 Å². The van der Waals surface area contributed by atoms with E-state index in [4.69, 9.17) is 21.1 Å². The van der Waals surface area contributed by atoms with E-state index in [0.717, 1.165) is 22.4 Å². The Labute approximate surface area is 174 Å². The normalized spacial score (nSPS) is 10.4. The second-order valence-corrected chi connectivity index (χ2v) is 6.92.